The van der Waals surface area contributed by atoms with Crippen LogP contribution in [-0.4, -0.2) is 46.3 Å². The SMILES string of the molecule is CCOC(=O)C1CN(Cc2ccccc2)CC12CCS(=O)CC2. The first-order chi connectivity index (χ1) is 11.1. The molecule has 1 aromatic carbocycles. The Kier molecular flexibility index (Phi) is 5.17. The van der Waals surface area contributed by atoms with Crippen molar-refractivity contribution in [2.45, 2.75) is 26.3 Å². The molecule has 23 heavy (non-hydrogen) atoms. The normalized spacial score (nSPS) is 31.3. The van der Waals surface area contributed by atoms with Gasteiger partial charge in [0.15, 0.2) is 0 Å². The van der Waals surface area contributed by atoms with E-state index in [0.717, 1.165) is 44.0 Å². The van der Waals surface area contributed by atoms with Crippen molar-refractivity contribution in [2.75, 3.05) is 31.2 Å². The Hall–Kier alpha value is -1.20. The molecule has 2 aliphatic heterocycles. The van der Waals surface area contributed by atoms with Crippen LogP contribution in [0.4, 0.5) is 0 Å². The first-order valence-corrected chi connectivity index (χ1v) is 9.90. The molecule has 4 nitrogen and oxygen atoms in total. The number of likely N-dealkylation sites (tertiary alicyclic amines) is 1. The molecule has 1 aromatic rings. The predicted molar refractivity (Wildman–Crippen MR) is 91.4 cm³/mol. The zero-order valence-corrected chi connectivity index (χ0v) is 14.5. The Morgan fingerprint density at radius 1 is 1.30 bits per heavy atom. The smallest absolute Gasteiger partial charge is 0.310 e. The van der Waals surface area contributed by atoms with E-state index in [9.17, 15) is 9.00 Å². The van der Waals surface area contributed by atoms with Crippen molar-refractivity contribution in [2.24, 2.45) is 11.3 Å². The van der Waals surface area contributed by atoms with E-state index in [1.54, 1.807) is 0 Å². The number of rotatable bonds is 4. The highest BCUT2D eigenvalue weighted by atomic mass is 32.2. The summed E-state index contributed by atoms with van der Waals surface area (Å²) in [5, 5.41) is 0. The Bertz CT molecular complexity index is 565. The summed E-state index contributed by atoms with van der Waals surface area (Å²) in [5.41, 5.74) is 1.22. The van der Waals surface area contributed by atoms with Gasteiger partial charge in [0.25, 0.3) is 0 Å². The zero-order valence-electron chi connectivity index (χ0n) is 13.7. The Labute approximate surface area is 140 Å². The molecule has 2 heterocycles. The van der Waals surface area contributed by atoms with Gasteiger partial charge in [0.1, 0.15) is 0 Å². The highest BCUT2D eigenvalue weighted by Crippen LogP contribution is 2.45. The van der Waals surface area contributed by atoms with Gasteiger partial charge >= 0.3 is 5.97 Å². The first-order valence-electron chi connectivity index (χ1n) is 8.41. The molecule has 5 heteroatoms. The molecule has 0 aromatic heterocycles. The molecule has 3 rings (SSSR count). The Morgan fingerprint density at radius 3 is 2.65 bits per heavy atom. The molecule has 1 spiro atoms. The van der Waals surface area contributed by atoms with Crippen LogP contribution < -0.4 is 0 Å². The summed E-state index contributed by atoms with van der Waals surface area (Å²) in [6, 6.07) is 10.4. The number of carbonyl (C=O) groups excluding carboxylic acids is 1. The summed E-state index contributed by atoms with van der Waals surface area (Å²) in [7, 11) is -0.714. The maximum Gasteiger partial charge on any atom is 0.310 e. The molecule has 0 N–H and O–H groups in total. The lowest BCUT2D eigenvalue weighted by Crippen LogP contribution is -2.41. The minimum Gasteiger partial charge on any atom is -0.466 e. The number of hydrogen-bond donors (Lipinski definition) is 0. The van der Waals surface area contributed by atoms with Gasteiger partial charge in [-0.2, -0.15) is 0 Å². The molecule has 2 aliphatic rings. The second-order valence-corrected chi connectivity index (χ2v) is 8.37. The molecule has 2 saturated heterocycles. The summed E-state index contributed by atoms with van der Waals surface area (Å²) in [5.74, 6) is 1.28. The van der Waals surface area contributed by atoms with Gasteiger partial charge in [0.05, 0.1) is 12.5 Å². The molecular formula is C18H25NO3S. The molecule has 1 unspecified atom stereocenters. The number of hydrogen-bond acceptors (Lipinski definition) is 4. The van der Waals surface area contributed by atoms with E-state index in [-0.39, 0.29) is 17.3 Å². The highest BCUT2D eigenvalue weighted by Gasteiger charge is 2.51. The van der Waals surface area contributed by atoms with E-state index < -0.39 is 10.8 Å². The summed E-state index contributed by atoms with van der Waals surface area (Å²) >= 11 is 0. The maximum absolute atomic E-state index is 12.5. The average Bonchev–Trinajstić information content (AvgIpc) is 2.90. The van der Waals surface area contributed by atoms with Crippen molar-refractivity contribution in [1.82, 2.24) is 4.90 Å². The molecule has 0 aliphatic carbocycles. The maximum atomic E-state index is 12.5. The molecule has 0 bridgehead atoms. The van der Waals surface area contributed by atoms with Crippen LogP contribution in [0.15, 0.2) is 30.3 Å². The second-order valence-electron chi connectivity index (χ2n) is 6.67. The van der Waals surface area contributed by atoms with Crippen molar-refractivity contribution < 1.29 is 13.7 Å². The van der Waals surface area contributed by atoms with E-state index in [1.807, 2.05) is 25.1 Å². The third-order valence-electron chi connectivity index (χ3n) is 5.19. The van der Waals surface area contributed by atoms with Crippen molar-refractivity contribution in [3.8, 4) is 0 Å². The summed E-state index contributed by atoms with van der Waals surface area (Å²) in [6.07, 6.45) is 1.74. The van der Waals surface area contributed by atoms with Gasteiger partial charge < -0.3 is 4.74 Å². The first kappa shape index (κ1) is 16.7. The van der Waals surface area contributed by atoms with Crippen LogP contribution in [0, 0.1) is 11.3 Å². The van der Waals surface area contributed by atoms with Gasteiger partial charge in [-0.1, -0.05) is 30.3 Å². The van der Waals surface area contributed by atoms with Gasteiger partial charge in [-0.25, -0.2) is 0 Å². The van der Waals surface area contributed by atoms with E-state index >= 15 is 0 Å². The Morgan fingerprint density at radius 2 is 2.00 bits per heavy atom. The second kappa shape index (κ2) is 7.14. The number of ether oxygens (including phenoxy) is 1. The summed E-state index contributed by atoms with van der Waals surface area (Å²) < 4.78 is 17.1. The Balaban J connectivity index is 1.76. The van der Waals surface area contributed by atoms with Crippen LogP contribution in [0.5, 0.6) is 0 Å². The van der Waals surface area contributed by atoms with Gasteiger partial charge in [-0.15, -0.1) is 0 Å². The number of benzene rings is 1. The van der Waals surface area contributed by atoms with Crippen molar-refractivity contribution >= 4 is 16.8 Å². The third kappa shape index (κ3) is 3.66. The quantitative estimate of drug-likeness (QED) is 0.792. The molecule has 0 saturated carbocycles. The van der Waals surface area contributed by atoms with Crippen LogP contribution in [0.2, 0.25) is 0 Å². The van der Waals surface area contributed by atoms with Crippen LogP contribution in [0.25, 0.3) is 0 Å². The van der Waals surface area contributed by atoms with Crippen molar-refractivity contribution in [3.63, 3.8) is 0 Å². The molecule has 126 valence electrons. The van der Waals surface area contributed by atoms with E-state index in [0.29, 0.717) is 6.61 Å². The van der Waals surface area contributed by atoms with Crippen LogP contribution in [0.3, 0.4) is 0 Å². The summed E-state index contributed by atoms with van der Waals surface area (Å²) in [4.78, 5) is 14.8. The number of esters is 1. The van der Waals surface area contributed by atoms with E-state index in [2.05, 4.69) is 17.0 Å². The molecule has 2 fully saturated rings. The lowest BCUT2D eigenvalue weighted by Gasteiger charge is -2.36. The van der Waals surface area contributed by atoms with Crippen LogP contribution >= 0.6 is 0 Å². The number of carbonyl (C=O) groups is 1. The molecule has 0 amide bonds. The standard InChI is InChI=1S/C18H25NO3S/c1-2-22-17(20)16-13-19(12-15-6-4-3-5-7-15)14-18(16)8-10-23(21)11-9-18/h3-7,16H,2,8-14H2,1H3. The average molecular weight is 335 g/mol. The minimum atomic E-state index is -0.714. The largest absolute Gasteiger partial charge is 0.466 e. The van der Waals surface area contributed by atoms with E-state index in [4.69, 9.17) is 4.74 Å². The monoisotopic (exact) mass is 335 g/mol. The predicted octanol–water partition coefficient (Wildman–Crippen LogP) is 2.21. The fraction of sp³-hybridized carbons (Fsp3) is 0.611. The molecular weight excluding hydrogens is 310 g/mol. The molecule has 1 atom stereocenters. The third-order valence-corrected chi connectivity index (χ3v) is 6.51. The van der Waals surface area contributed by atoms with Gasteiger partial charge in [0, 0.05) is 41.9 Å². The van der Waals surface area contributed by atoms with E-state index in [1.165, 1.54) is 5.56 Å². The van der Waals surface area contributed by atoms with Crippen molar-refractivity contribution in [3.05, 3.63) is 35.9 Å². The lowest BCUT2D eigenvalue weighted by molar-refractivity contribution is -0.151. The van der Waals surface area contributed by atoms with Gasteiger partial charge in [-0.05, 0) is 30.7 Å². The summed E-state index contributed by atoms with van der Waals surface area (Å²) in [6.45, 7) is 4.80. The fourth-order valence-corrected chi connectivity index (χ4v) is 5.44. The minimum absolute atomic E-state index is 0.0467. The molecule has 0 radical (unpaired) electrons. The van der Waals surface area contributed by atoms with Crippen LogP contribution in [0.1, 0.15) is 25.3 Å². The van der Waals surface area contributed by atoms with Gasteiger partial charge in [-0.3, -0.25) is 13.9 Å². The van der Waals surface area contributed by atoms with Crippen molar-refractivity contribution in [1.29, 1.82) is 0 Å². The lowest BCUT2D eigenvalue weighted by atomic mass is 9.73. The van der Waals surface area contributed by atoms with Crippen LogP contribution in [-0.2, 0) is 26.9 Å². The van der Waals surface area contributed by atoms with Gasteiger partial charge in [0.2, 0.25) is 0 Å². The number of nitrogens with zero attached hydrogens (tertiary/aromatic N) is 1. The zero-order chi connectivity index (χ0) is 16.3. The topological polar surface area (TPSA) is 46.6 Å². The fourth-order valence-electron chi connectivity index (χ4n) is 3.97. The highest BCUT2D eigenvalue weighted by molar-refractivity contribution is 7.85.